The lowest BCUT2D eigenvalue weighted by Gasteiger charge is -2.26. The number of rotatable bonds is 6. The Morgan fingerprint density at radius 1 is 1.17 bits per heavy atom. The SMILES string of the molecule is O=C(NCCS(=O)(=O)N1CCOCC1)c1nn(-c2ccc(F)c(F)c2)c2c1CCC2. The molecule has 30 heavy (non-hydrogen) atoms. The lowest BCUT2D eigenvalue weighted by Crippen LogP contribution is -2.43. The zero-order chi connectivity index (χ0) is 21.3. The van der Waals surface area contributed by atoms with Crippen LogP contribution in [0.5, 0.6) is 0 Å². The van der Waals surface area contributed by atoms with Gasteiger partial charge in [0.15, 0.2) is 17.3 Å². The smallest absolute Gasteiger partial charge is 0.272 e. The number of amides is 1. The van der Waals surface area contributed by atoms with Crippen LogP contribution in [-0.4, -0.2) is 67.0 Å². The minimum Gasteiger partial charge on any atom is -0.379 e. The summed E-state index contributed by atoms with van der Waals surface area (Å²) in [4.78, 5) is 12.7. The fourth-order valence-electron chi connectivity index (χ4n) is 3.78. The number of carbonyl (C=O) groups excluding carboxylic acids is 1. The van der Waals surface area contributed by atoms with Gasteiger partial charge in [-0.25, -0.2) is 21.9 Å². The highest BCUT2D eigenvalue weighted by Crippen LogP contribution is 2.28. The van der Waals surface area contributed by atoms with Crippen molar-refractivity contribution in [2.45, 2.75) is 19.3 Å². The minimum atomic E-state index is -3.48. The number of nitrogens with zero attached hydrogens (tertiary/aromatic N) is 3. The number of nitrogens with one attached hydrogen (secondary N) is 1. The van der Waals surface area contributed by atoms with Crippen molar-refractivity contribution in [3.63, 3.8) is 0 Å². The molecule has 1 aromatic heterocycles. The van der Waals surface area contributed by atoms with Gasteiger partial charge >= 0.3 is 0 Å². The quantitative estimate of drug-likeness (QED) is 0.724. The number of aromatic nitrogens is 2. The molecular formula is C19H22F2N4O4S. The number of ether oxygens (including phenoxy) is 1. The number of morpholine rings is 1. The molecule has 1 aliphatic heterocycles. The van der Waals surface area contributed by atoms with E-state index in [4.69, 9.17) is 4.74 Å². The fraction of sp³-hybridized carbons (Fsp3) is 0.474. The Morgan fingerprint density at radius 3 is 2.67 bits per heavy atom. The van der Waals surface area contributed by atoms with Crippen LogP contribution in [0.2, 0.25) is 0 Å². The van der Waals surface area contributed by atoms with Crippen LogP contribution in [0.4, 0.5) is 8.78 Å². The van der Waals surface area contributed by atoms with Gasteiger partial charge in [0.05, 0.1) is 24.7 Å². The van der Waals surface area contributed by atoms with Crippen molar-refractivity contribution < 1.29 is 26.7 Å². The molecule has 1 fully saturated rings. The van der Waals surface area contributed by atoms with Gasteiger partial charge in [-0.3, -0.25) is 4.79 Å². The summed E-state index contributed by atoms with van der Waals surface area (Å²) in [6.07, 6.45) is 2.14. The van der Waals surface area contributed by atoms with Crippen LogP contribution in [0, 0.1) is 11.6 Å². The maximum atomic E-state index is 13.6. The Balaban J connectivity index is 1.47. The molecule has 4 rings (SSSR count). The molecule has 1 amide bonds. The first kappa shape index (κ1) is 20.9. The first-order valence-electron chi connectivity index (χ1n) is 9.77. The number of halogens is 2. The fourth-order valence-corrected chi connectivity index (χ4v) is 5.10. The van der Waals surface area contributed by atoms with Crippen LogP contribution >= 0.6 is 0 Å². The second-order valence-corrected chi connectivity index (χ2v) is 9.31. The minimum absolute atomic E-state index is 0.0503. The van der Waals surface area contributed by atoms with Gasteiger partial charge in [-0.05, 0) is 31.4 Å². The summed E-state index contributed by atoms with van der Waals surface area (Å²) in [5.74, 6) is -2.65. The zero-order valence-electron chi connectivity index (χ0n) is 16.2. The largest absolute Gasteiger partial charge is 0.379 e. The van der Waals surface area contributed by atoms with Gasteiger partial charge in [0.25, 0.3) is 5.91 Å². The van der Waals surface area contributed by atoms with E-state index in [0.717, 1.165) is 29.8 Å². The standard InChI is InChI=1S/C19H22F2N4O4S/c20-15-5-4-13(12-16(15)21)25-17-3-1-2-14(17)18(23-25)19(26)22-6-11-30(27,28)24-7-9-29-10-8-24/h4-5,12H,1-3,6-11H2,(H,22,26). The Labute approximate surface area is 172 Å². The normalized spacial score (nSPS) is 17.1. The number of sulfonamides is 1. The monoisotopic (exact) mass is 440 g/mol. The summed E-state index contributed by atoms with van der Waals surface area (Å²) in [5.41, 5.74) is 2.07. The van der Waals surface area contributed by atoms with Crippen LogP contribution in [-0.2, 0) is 27.6 Å². The lowest BCUT2D eigenvalue weighted by molar-refractivity contribution is 0.0730. The van der Waals surface area contributed by atoms with Crippen molar-refractivity contribution in [2.75, 3.05) is 38.6 Å². The average molecular weight is 440 g/mol. The van der Waals surface area contributed by atoms with Gasteiger partial charge < -0.3 is 10.1 Å². The number of fused-ring (bicyclic) bond motifs is 1. The van der Waals surface area contributed by atoms with Gasteiger partial charge in [-0.2, -0.15) is 9.40 Å². The molecule has 2 heterocycles. The average Bonchev–Trinajstić information content (AvgIpc) is 3.33. The van der Waals surface area contributed by atoms with Crippen LogP contribution in [0.25, 0.3) is 5.69 Å². The molecule has 0 atom stereocenters. The molecule has 0 bridgehead atoms. The maximum Gasteiger partial charge on any atom is 0.272 e. The molecule has 0 saturated carbocycles. The molecule has 8 nitrogen and oxygen atoms in total. The third kappa shape index (κ3) is 4.09. The molecule has 1 N–H and O–H groups in total. The van der Waals surface area contributed by atoms with E-state index in [9.17, 15) is 22.0 Å². The molecule has 0 spiro atoms. The predicted molar refractivity (Wildman–Crippen MR) is 104 cm³/mol. The Morgan fingerprint density at radius 2 is 1.93 bits per heavy atom. The Bertz CT molecular complexity index is 1060. The van der Waals surface area contributed by atoms with Crippen molar-refractivity contribution in [1.82, 2.24) is 19.4 Å². The van der Waals surface area contributed by atoms with Crippen molar-refractivity contribution in [3.8, 4) is 5.69 Å². The second-order valence-electron chi connectivity index (χ2n) is 7.22. The summed E-state index contributed by atoms with van der Waals surface area (Å²) in [5, 5.41) is 6.94. The van der Waals surface area contributed by atoms with E-state index in [2.05, 4.69) is 10.4 Å². The predicted octanol–water partition coefficient (Wildman–Crippen LogP) is 1.03. The van der Waals surface area contributed by atoms with Gasteiger partial charge in [-0.1, -0.05) is 0 Å². The highest BCUT2D eigenvalue weighted by Gasteiger charge is 2.28. The second kappa shape index (κ2) is 8.40. The molecule has 11 heteroatoms. The highest BCUT2D eigenvalue weighted by molar-refractivity contribution is 7.89. The van der Waals surface area contributed by atoms with Crippen LogP contribution in [0.3, 0.4) is 0 Å². The van der Waals surface area contributed by atoms with E-state index in [-0.39, 0.29) is 18.0 Å². The van der Waals surface area contributed by atoms with Crippen molar-refractivity contribution in [3.05, 3.63) is 46.8 Å². The lowest BCUT2D eigenvalue weighted by atomic mass is 10.2. The summed E-state index contributed by atoms with van der Waals surface area (Å²) < 4.78 is 59.6. The third-order valence-electron chi connectivity index (χ3n) is 5.30. The highest BCUT2D eigenvalue weighted by atomic mass is 32.2. The first-order valence-corrected chi connectivity index (χ1v) is 11.4. The summed E-state index contributed by atoms with van der Waals surface area (Å²) >= 11 is 0. The number of benzene rings is 1. The van der Waals surface area contributed by atoms with E-state index in [0.29, 0.717) is 44.8 Å². The Kier molecular flexibility index (Phi) is 5.85. The molecule has 1 aliphatic carbocycles. The molecule has 0 unspecified atom stereocenters. The van der Waals surface area contributed by atoms with Gasteiger partial charge in [-0.15, -0.1) is 0 Å². The first-order chi connectivity index (χ1) is 14.4. The van der Waals surface area contributed by atoms with Gasteiger partial charge in [0.2, 0.25) is 10.0 Å². The third-order valence-corrected chi connectivity index (χ3v) is 7.17. The van der Waals surface area contributed by atoms with E-state index < -0.39 is 27.6 Å². The summed E-state index contributed by atoms with van der Waals surface area (Å²) in [6.45, 7) is 1.29. The molecule has 2 aliphatic rings. The number of hydrogen-bond acceptors (Lipinski definition) is 5. The van der Waals surface area contributed by atoms with Crippen molar-refractivity contribution in [2.24, 2.45) is 0 Å². The molecule has 162 valence electrons. The van der Waals surface area contributed by atoms with Gasteiger partial charge in [0, 0.05) is 37.0 Å². The number of carbonyl (C=O) groups is 1. The summed E-state index contributed by atoms with van der Waals surface area (Å²) in [7, 11) is -3.48. The van der Waals surface area contributed by atoms with Crippen LogP contribution in [0.1, 0.15) is 28.2 Å². The molecule has 0 radical (unpaired) electrons. The van der Waals surface area contributed by atoms with Crippen molar-refractivity contribution >= 4 is 15.9 Å². The molecule has 1 saturated heterocycles. The number of hydrogen-bond donors (Lipinski definition) is 1. The van der Waals surface area contributed by atoms with E-state index in [1.165, 1.54) is 15.1 Å². The zero-order valence-corrected chi connectivity index (χ0v) is 17.1. The molecule has 1 aromatic carbocycles. The summed E-state index contributed by atoms with van der Waals surface area (Å²) in [6, 6.07) is 3.46. The maximum absolute atomic E-state index is 13.6. The van der Waals surface area contributed by atoms with E-state index in [1.54, 1.807) is 0 Å². The van der Waals surface area contributed by atoms with E-state index >= 15 is 0 Å². The van der Waals surface area contributed by atoms with Crippen LogP contribution in [0.15, 0.2) is 18.2 Å². The van der Waals surface area contributed by atoms with E-state index in [1.807, 2.05) is 0 Å². The van der Waals surface area contributed by atoms with Crippen LogP contribution < -0.4 is 5.32 Å². The molecule has 2 aromatic rings. The van der Waals surface area contributed by atoms with Gasteiger partial charge in [0.1, 0.15) is 0 Å². The topological polar surface area (TPSA) is 93.5 Å². The molecular weight excluding hydrogens is 418 g/mol. The van der Waals surface area contributed by atoms with Crippen molar-refractivity contribution in [1.29, 1.82) is 0 Å². The Hall–Kier alpha value is -2.37.